The molecule has 0 atom stereocenters. The van der Waals surface area contributed by atoms with Crippen molar-refractivity contribution < 1.29 is 9.53 Å². The standard InChI is InChI=1S/C15H18N2O2/c1-11(5-7-12(2)16)6-10-15(18)19-14(4)9-8-13(3)17/h5-10H,1-4,16-17H2/b7-5-,9-8-,10-6+. The molecule has 0 aliphatic rings. The van der Waals surface area contributed by atoms with E-state index in [1.165, 1.54) is 24.3 Å². The lowest BCUT2D eigenvalue weighted by molar-refractivity contribution is -0.133. The normalized spacial score (nSPS) is 10.9. The minimum atomic E-state index is -0.571. The monoisotopic (exact) mass is 258 g/mol. The van der Waals surface area contributed by atoms with Gasteiger partial charge in [-0.1, -0.05) is 32.4 Å². The Balaban J connectivity index is 4.31. The first-order chi connectivity index (χ1) is 8.81. The van der Waals surface area contributed by atoms with Crippen LogP contribution in [0.5, 0.6) is 0 Å². The van der Waals surface area contributed by atoms with E-state index < -0.39 is 5.97 Å². The van der Waals surface area contributed by atoms with Crippen LogP contribution in [0.3, 0.4) is 0 Å². The second-order valence-corrected chi connectivity index (χ2v) is 3.61. The molecule has 4 heteroatoms. The molecule has 19 heavy (non-hydrogen) atoms. The highest BCUT2D eigenvalue weighted by atomic mass is 16.5. The third-order valence-electron chi connectivity index (χ3n) is 1.66. The summed E-state index contributed by atoms with van der Waals surface area (Å²) in [5, 5.41) is 0. The Labute approximate surface area is 113 Å². The number of rotatable bonds is 7. The molecule has 4 N–H and O–H groups in total. The number of nitrogens with two attached hydrogens (primary N) is 2. The van der Waals surface area contributed by atoms with E-state index >= 15 is 0 Å². The lowest BCUT2D eigenvalue weighted by Crippen LogP contribution is -1.98. The van der Waals surface area contributed by atoms with E-state index in [2.05, 4.69) is 26.3 Å². The van der Waals surface area contributed by atoms with E-state index in [1.54, 1.807) is 12.2 Å². The van der Waals surface area contributed by atoms with Crippen molar-refractivity contribution in [3.05, 3.63) is 85.5 Å². The van der Waals surface area contributed by atoms with Gasteiger partial charge in [0.05, 0.1) is 0 Å². The molecule has 0 radical (unpaired) electrons. The van der Waals surface area contributed by atoms with E-state index in [1.807, 2.05) is 0 Å². The molecule has 100 valence electrons. The highest BCUT2D eigenvalue weighted by Crippen LogP contribution is 2.01. The molecule has 0 rings (SSSR count). The molecule has 0 saturated carbocycles. The van der Waals surface area contributed by atoms with Gasteiger partial charge in [-0.05, 0) is 29.9 Å². The molecular formula is C15H18N2O2. The van der Waals surface area contributed by atoms with Crippen LogP contribution in [0.2, 0.25) is 0 Å². The van der Waals surface area contributed by atoms with Gasteiger partial charge in [0.1, 0.15) is 5.76 Å². The van der Waals surface area contributed by atoms with Crippen LogP contribution in [0, 0.1) is 0 Å². The highest BCUT2D eigenvalue weighted by Gasteiger charge is 1.98. The Morgan fingerprint density at radius 3 is 1.79 bits per heavy atom. The Morgan fingerprint density at radius 1 is 0.789 bits per heavy atom. The van der Waals surface area contributed by atoms with Crippen molar-refractivity contribution in [2.45, 2.75) is 0 Å². The summed E-state index contributed by atoms with van der Waals surface area (Å²) < 4.78 is 4.87. The van der Waals surface area contributed by atoms with Gasteiger partial charge < -0.3 is 16.2 Å². The highest BCUT2D eigenvalue weighted by molar-refractivity contribution is 5.83. The average molecular weight is 258 g/mol. The van der Waals surface area contributed by atoms with Crippen LogP contribution in [0.1, 0.15) is 0 Å². The summed E-state index contributed by atoms with van der Waals surface area (Å²) in [7, 11) is 0. The van der Waals surface area contributed by atoms with Gasteiger partial charge in [-0.25, -0.2) is 4.79 Å². The van der Waals surface area contributed by atoms with Gasteiger partial charge in [-0.2, -0.15) is 0 Å². The summed E-state index contributed by atoms with van der Waals surface area (Å²) in [5.74, 6) is -0.406. The van der Waals surface area contributed by atoms with Crippen LogP contribution in [0.15, 0.2) is 85.5 Å². The molecule has 0 amide bonds. The SMILES string of the molecule is C=C(N)/C=C\C(=C)/C=C/C(=O)OC(=C)/C=C\C(=C)N. The molecular weight excluding hydrogens is 240 g/mol. The van der Waals surface area contributed by atoms with Gasteiger partial charge in [0, 0.05) is 17.5 Å². The van der Waals surface area contributed by atoms with Gasteiger partial charge in [0.25, 0.3) is 0 Å². The molecule has 0 aromatic carbocycles. The maximum absolute atomic E-state index is 11.4. The first-order valence-electron chi connectivity index (χ1n) is 5.34. The summed E-state index contributed by atoms with van der Waals surface area (Å²) in [6.45, 7) is 14.2. The molecule has 0 aliphatic carbocycles. The molecule has 4 nitrogen and oxygen atoms in total. The van der Waals surface area contributed by atoms with Crippen LogP contribution in [-0.4, -0.2) is 5.97 Å². The molecule has 0 aliphatic heterocycles. The lowest BCUT2D eigenvalue weighted by atomic mass is 10.2. The number of carbonyl (C=O) groups excluding carboxylic acids is 1. The predicted octanol–water partition coefficient (Wildman–Crippen LogP) is 2.21. The Hall–Kier alpha value is -2.75. The molecule has 0 fully saturated rings. The van der Waals surface area contributed by atoms with Crippen molar-refractivity contribution in [1.82, 2.24) is 0 Å². The van der Waals surface area contributed by atoms with Crippen LogP contribution in [0.25, 0.3) is 0 Å². The molecule has 0 saturated heterocycles. The second-order valence-electron chi connectivity index (χ2n) is 3.61. The van der Waals surface area contributed by atoms with Crippen LogP contribution >= 0.6 is 0 Å². The molecule has 0 aromatic rings. The lowest BCUT2D eigenvalue weighted by Gasteiger charge is -1.99. The minimum absolute atomic E-state index is 0.165. The topological polar surface area (TPSA) is 78.3 Å². The number of carbonyl (C=O) groups is 1. The summed E-state index contributed by atoms with van der Waals surface area (Å²) >= 11 is 0. The summed E-state index contributed by atoms with van der Waals surface area (Å²) in [6.07, 6.45) is 8.84. The zero-order valence-corrected chi connectivity index (χ0v) is 10.8. The summed E-state index contributed by atoms with van der Waals surface area (Å²) in [6, 6.07) is 0. The maximum Gasteiger partial charge on any atom is 0.336 e. The maximum atomic E-state index is 11.4. The van der Waals surface area contributed by atoms with Crippen molar-refractivity contribution >= 4 is 5.97 Å². The predicted molar refractivity (Wildman–Crippen MR) is 78.4 cm³/mol. The van der Waals surface area contributed by atoms with Gasteiger partial charge in [-0.3, -0.25) is 0 Å². The zero-order valence-electron chi connectivity index (χ0n) is 10.8. The number of hydrogen-bond acceptors (Lipinski definition) is 4. The summed E-state index contributed by atoms with van der Waals surface area (Å²) in [5.41, 5.74) is 12.0. The molecule has 0 spiro atoms. The van der Waals surface area contributed by atoms with E-state index in [9.17, 15) is 4.79 Å². The van der Waals surface area contributed by atoms with Crippen molar-refractivity contribution in [1.29, 1.82) is 0 Å². The number of allylic oxidation sites excluding steroid dienone is 6. The fraction of sp³-hybridized carbons (Fsp3) is 0. The van der Waals surface area contributed by atoms with Gasteiger partial charge >= 0.3 is 5.97 Å². The number of ether oxygens (including phenoxy) is 1. The molecule has 0 heterocycles. The molecule has 0 unspecified atom stereocenters. The largest absolute Gasteiger partial charge is 0.424 e. The van der Waals surface area contributed by atoms with E-state index in [4.69, 9.17) is 16.2 Å². The zero-order chi connectivity index (χ0) is 14.8. The van der Waals surface area contributed by atoms with Crippen molar-refractivity contribution in [2.75, 3.05) is 0 Å². The minimum Gasteiger partial charge on any atom is -0.424 e. The quantitative estimate of drug-likeness (QED) is 0.317. The first kappa shape index (κ1) is 16.2. The molecule has 0 aromatic heterocycles. The third kappa shape index (κ3) is 10.1. The van der Waals surface area contributed by atoms with Crippen molar-refractivity contribution in [3.8, 4) is 0 Å². The van der Waals surface area contributed by atoms with Crippen LogP contribution < -0.4 is 11.5 Å². The average Bonchev–Trinajstić information content (AvgIpc) is 2.31. The fourth-order valence-electron chi connectivity index (χ4n) is 0.842. The number of hydrogen-bond donors (Lipinski definition) is 2. The smallest absolute Gasteiger partial charge is 0.336 e. The van der Waals surface area contributed by atoms with E-state index in [0.717, 1.165) is 0 Å². The van der Waals surface area contributed by atoms with Crippen molar-refractivity contribution in [2.24, 2.45) is 11.5 Å². The Bertz CT molecular complexity index is 494. The van der Waals surface area contributed by atoms with E-state index in [-0.39, 0.29) is 5.76 Å². The molecule has 0 bridgehead atoms. The summed E-state index contributed by atoms with van der Waals surface area (Å²) in [4.78, 5) is 11.4. The third-order valence-corrected chi connectivity index (χ3v) is 1.66. The van der Waals surface area contributed by atoms with E-state index in [0.29, 0.717) is 17.0 Å². The number of esters is 1. The van der Waals surface area contributed by atoms with Crippen molar-refractivity contribution in [3.63, 3.8) is 0 Å². The Kier molecular flexibility index (Phi) is 7.15. The second kappa shape index (κ2) is 8.36. The van der Waals surface area contributed by atoms with Gasteiger partial charge in [0.15, 0.2) is 0 Å². The fourth-order valence-corrected chi connectivity index (χ4v) is 0.842. The van der Waals surface area contributed by atoms with Crippen LogP contribution in [0.4, 0.5) is 0 Å². The van der Waals surface area contributed by atoms with Gasteiger partial charge in [0.2, 0.25) is 0 Å². The first-order valence-corrected chi connectivity index (χ1v) is 5.34. The van der Waals surface area contributed by atoms with Gasteiger partial charge in [-0.15, -0.1) is 0 Å². The van der Waals surface area contributed by atoms with Crippen LogP contribution in [-0.2, 0) is 9.53 Å². The Morgan fingerprint density at radius 2 is 1.26 bits per heavy atom.